The molecule has 13 heteroatoms. The van der Waals surface area contributed by atoms with Crippen molar-refractivity contribution in [2.75, 3.05) is 18.1 Å². The van der Waals surface area contributed by atoms with Crippen LogP contribution in [0.3, 0.4) is 0 Å². The van der Waals surface area contributed by atoms with Crippen LogP contribution in [0, 0.1) is 0 Å². The van der Waals surface area contributed by atoms with Crippen molar-refractivity contribution in [2.45, 2.75) is 34.9 Å². The van der Waals surface area contributed by atoms with Crippen LogP contribution in [-0.2, 0) is 16.1 Å². The lowest BCUT2D eigenvalue weighted by molar-refractivity contribution is -0.274. The van der Waals surface area contributed by atoms with Crippen molar-refractivity contribution >= 4 is 46.7 Å². The van der Waals surface area contributed by atoms with Gasteiger partial charge in [-0.15, -0.1) is 23.4 Å². The van der Waals surface area contributed by atoms with Gasteiger partial charge in [0.25, 0.3) is 0 Å². The summed E-state index contributed by atoms with van der Waals surface area (Å²) >= 11 is 3.68. The normalized spacial score (nSPS) is 11.2. The number of aromatic nitrogens is 2. The smallest absolute Gasteiger partial charge is 0.405 e. The van der Waals surface area contributed by atoms with E-state index in [0.717, 1.165) is 18.2 Å². The van der Waals surface area contributed by atoms with E-state index in [-0.39, 0.29) is 41.2 Å². The lowest BCUT2D eigenvalue weighted by Crippen LogP contribution is -2.25. The Morgan fingerprint density at radius 3 is 2.27 bits per heavy atom. The molecule has 0 aliphatic rings. The number of carbonyl (C=O) groups is 2. The van der Waals surface area contributed by atoms with E-state index in [9.17, 15) is 22.8 Å². The van der Waals surface area contributed by atoms with Gasteiger partial charge in [-0.1, -0.05) is 60.0 Å². The minimum absolute atomic E-state index is 0.0264. The number of thioether (sulfide) groups is 2. The molecule has 1 aromatic heterocycles. The van der Waals surface area contributed by atoms with Gasteiger partial charge in [-0.25, -0.2) is 0 Å². The van der Waals surface area contributed by atoms with Crippen LogP contribution in [0.25, 0.3) is 0 Å². The molecule has 2 aromatic rings. The van der Waals surface area contributed by atoms with E-state index in [2.05, 4.69) is 25.6 Å². The molecule has 2 amide bonds. The number of nitrogens with one attached hydrogen (secondary N) is 2. The Hall–Kier alpha value is -1.99. The lowest BCUT2D eigenvalue weighted by Gasteiger charge is -2.13. The Morgan fingerprint density at radius 2 is 1.67 bits per heavy atom. The van der Waals surface area contributed by atoms with Gasteiger partial charge in [0.1, 0.15) is 5.75 Å². The molecule has 0 radical (unpaired) electrons. The highest BCUT2D eigenvalue weighted by atomic mass is 32.2. The number of carbonyl (C=O) groups excluding carboxylic acids is 2. The molecule has 0 aliphatic carbocycles. The van der Waals surface area contributed by atoms with E-state index in [4.69, 9.17) is 0 Å². The van der Waals surface area contributed by atoms with Crippen LogP contribution < -0.4 is 15.4 Å². The predicted octanol–water partition coefficient (Wildman–Crippen LogP) is 3.46. The Kier molecular flexibility index (Phi) is 9.72. The highest BCUT2D eigenvalue weighted by Crippen LogP contribution is 2.29. The molecule has 1 aromatic carbocycles. The summed E-state index contributed by atoms with van der Waals surface area (Å²) in [6, 6.07) is 5.61. The van der Waals surface area contributed by atoms with Crippen molar-refractivity contribution in [3.63, 3.8) is 0 Å². The molecule has 1 heterocycles. The SMILES string of the molecule is CCCNC(=O)CSc1nnc(SCC(=O)NCc2ccccc2OC(F)(F)F)s1. The maximum absolute atomic E-state index is 12.4. The number of amides is 2. The monoisotopic (exact) mass is 480 g/mol. The molecule has 0 bridgehead atoms. The summed E-state index contributed by atoms with van der Waals surface area (Å²) in [7, 11) is 0. The quantitative estimate of drug-likeness (QED) is 0.476. The summed E-state index contributed by atoms with van der Waals surface area (Å²) in [6.45, 7) is 2.49. The summed E-state index contributed by atoms with van der Waals surface area (Å²) < 4.78 is 42.4. The third kappa shape index (κ3) is 9.22. The van der Waals surface area contributed by atoms with Crippen LogP contribution in [0.5, 0.6) is 5.75 Å². The summed E-state index contributed by atoms with van der Waals surface area (Å²) in [6.07, 6.45) is -3.95. The molecule has 2 N–H and O–H groups in total. The van der Waals surface area contributed by atoms with E-state index >= 15 is 0 Å². The van der Waals surface area contributed by atoms with Crippen LogP contribution in [0.4, 0.5) is 13.2 Å². The van der Waals surface area contributed by atoms with Crippen molar-refractivity contribution in [3.05, 3.63) is 29.8 Å². The zero-order valence-corrected chi connectivity index (χ0v) is 18.3. The molecule has 2 rings (SSSR count). The Balaban J connectivity index is 1.76. The van der Waals surface area contributed by atoms with E-state index in [1.807, 2.05) is 6.92 Å². The molecule has 0 aliphatic heterocycles. The van der Waals surface area contributed by atoms with Crippen LogP contribution in [0.2, 0.25) is 0 Å². The number of benzene rings is 1. The first-order valence-corrected chi connectivity index (χ1v) is 11.5. The van der Waals surface area contributed by atoms with E-state index in [1.54, 1.807) is 6.07 Å². The minimum atomic E-state index is -4.81. The van der Waals surface area contributed by atoms with Gasteiger partial charge in [-0.2, -0.15) is 0 Å². The second kappa shape index (κ2) is 12.0. The average molecular weight is 481 g/mol. The first kappa shape index (κ1) is 24.3. The number of hydrogen-bond donors (Lipinski definition) is 2. The molecule has 0 saturated heterocycles. The van der Waals surface area contributed by atoms with Gasteiger partial charge in [0.15, 0.2) is 8.68 Å². The van der Waals surface area contributed by atoms with Gasteiger partial charge in [0, 0.05) is 18.7 Å². The standard InChI is InChI=1S/C17H19F3N4O3S3/c1-2-7-21-13(25)9-28-15-23-24-16(30-15)29-10-14(26)22-8-11-5-3-4-6-12(11)27-17(18,19)20/h3-6H,2,7-10H2,1H3,(H,21,25)(H,22,26). The highest BCUT2D eigenvalue weighted by Gasteiger charge is 2.32. The number of alkyl halides is 3. The Morgan fingerprint density at radius 1 is 1.07 bits per heavy atom. The number of para-hydroxylation sites is 1. The Labute approximate surface area is 183 Å². The predicted molar refractivity (Wildman–Crippen MR) is 110 cm³/mol. The number of hydrogen-bond acceptors (Lipinski definition) is 8. The molecular formula is C17H19F3N4O3S3. The fourth-order valence-corrected chi connectivity index (χ4v) is 4.68. The average Bonchev–Trinajstić information content (AvgIpc) is 3.15. The molecule has 0 fully saturated rings. The van der Waals surface area contributed by atoms with Crippen molar-refractivity contribution in [3.8, 4) is 5.75 Å². The maximum atomic E-state index is 12.4. The molecule has 0 saturated carbocycles. The lowest BCUT2D eigenvalue weighted by atomic mass is 10.2. The number of nitrogens with zero attached hydrogens (tertiary/aromatic N) is 2. The van der Waals surface area contributed by atoms with Gasteiger partial charge in [-0.3, -0.25) is 9.59 Å². The zero-order chi connectivity index (χ0) is 22.0. The van der Waals surface area contributed by atoms with Crippen molar-refractivity contribution in [2.24, 2.45) is 0 Å². The number of rotatable bonds is 11. The fourth-order valence-electron chi connectivity index (χ4n) is 2.00. The molecule has 0 unspecified atom stereocenters. The van der Waals surface area contributed by atoms with Gasteiger partial charge in [0.2, 0.25) is 11.8 Å². The molecule has 0 atom stereocenters. The second-order valence-corrected chi connectivity index (χ2v) is 9.12. The minimum Gasteiger partial charge on any atom is -0.405 e. The largest absolute Gasteiger partial charge is 0.573 e. The summed E-state index contributed by atoms with van der Waals surface area (Å²) in [5.41, 5.74) is 0.212. The van der Waals surface area contributed by atoms with Gasteiger partial charge in [0.05, 0.1) is 11.5 Å². The van der Waals surface area contributed by atoms with Crippen LogP contribution in [0.1, 0.15) is 18.9 Å². The summed E-state index contributed by atoms with van der Waals surface area (Å²) in [5, 5.41) is 13.2. The van der Waals surface area contributed by atoms with E-state index < -0.39 is 6.36 Å². The highest BCUT2D eigenvalue weighted by molar-refractivity contribution is 8.03. The third-order valence-corrected chi connectivity index (χ3v) is 6.48. The van der Waals surface area contributed by atoms with Gasteiger partial charge in [-0.05, 0) is 12.5 Å². The van der Waals surface area contributed by atoms with Crippen LogP contribution in [0.15, 0.2) is 32.9 Å². The van der Waals surface area contributed by atoms with Crippen molar-refractivity contribution in [1.29, 1.82) is 0 Å². The third-order valence-electron chi connectivity index (χ3n) is 3.29. The van der Waals surface area contributed by atoms with E-state index in [1.165, 1.54) is 41.3 Å². The first-order valence-electron chi connectivity index (χ1n) is 8.73. The van der Waals surface area contributed by atoms with Crippen molar-refractivity contribution in [1.82, 2.24) is 20.8 Å². The van der Waals surface area contributed by atoms with Gasteiger partial charge >= 0.3 is 6.36 Å². The summed E-state index contributed by atoms with van der Waals surface area (Å²) in [5.74, 6) is -0.546. The van der Waals surface area contributed by atoms with Crippen LogP contribution >= 0.6 is 34.9 Å². The number of ether oxygens (including phenoxy) is 1. The Bertz CT molecular complexity index is 849. The number of halogens is 3. The maximum Gasteiger partial charge on any atom is 0.573 e. The molecule has 0 spiro atoms. The molecule has 30 heavy (non-hydrogen) atoms. The molecular weight excluding hydrogens is 461 g/mol. The molecule has 164 valence electrons. The van der Waals surface area contributed by atoms with E-state index in [0.29, 0.717) is 15.2 Å². The fraction of sp³-hybridized carbons (Fsp3) is 0.412. The summed E-state index contributed by atoms with van der Waals surface area (Å²) in [4.78, 5) is 23.6. The molecule has 7 nitrogen and oxygen atoms in total. The first-order chi connectivity index (χ1) is 14.3. The van der Waals surface area contributed by atoms with Gasteiger partial charge < -0.3 is 15.4 Å². The zero-order valence-electron chi connectivity index (χ0n) is 15.8. The van der Waals surface area contributed by atoms with Crippen molar-refractivity contribution < 1.29 is 27.5 Å². The topological polar surface area (TPSA) is 93.2 Å². The van der Waals surface area contributed by atoms with Crippen LogP contribution in [-0.4, -0.2) is 46.4 Å². The second-order valence-electron chi connectivity index (χ2n) is 5.69.